The number of hydrogen-bond donors (Lipinski definition) is 1. The minimum absolute atomic E-state index is 0.0307. The average molecular weight is 310 g/mol. The highest BCUT2D eigenvalue weighted by molar-refractivity contribution is 6.31. The van der Waals surface area contributed by atoms with E-state index in [1.165, 1.54) is 25.5 Å². The van der Waals surface area contributed by atoms with Crippen LogP contribution >= 0.6 is 11.6 Å². The zero-order chi connectivity index (χ0) is 15.2. The maximum Gasteiger partial charge on any atom is 0.374 e. The summed E-state index contributed by atoms with van der Waals surface area (Å²) < 4.78 is 14.7. The Bertz CT molecular complexity index is 639. The summed E-state index contributed by atoms with van der Waals surface area (Å²) in [5, 5.41) is 2.99. The lowest BCUT2D eigenvalue weighted by Gasteiger charge is -2.10. The van der Waals surface area contributed by atoms with Crippen molar-refractivity contribution in [3.63, 3.8) is 0 Å². The number of halogens is 1. The minimum atomic E-state index is -0.715. The quantitative estimate of drug-likeness (QED) is 0.859. The van der Waals surface area contributed by atoms with Gasteiger partial charge in [0.15, 0.2) is 6.61 Å². The van der Waals surface area contributed by atoms with Crippen LogP contribution in [-0.2, 0) is 9.53 Å². The molecule has 0 spiro atoms. The van der Waals surface area contributed by atoms with Gasteiger partial charge < -0.3 is 19.2 Å². The molecule has 0 saturated carbocycles. The standard InChI is InChI=1S/C14H12ClNO5/c1-19-11-5-4-9(15)7-10(11)16-13(17)8-21-14(18)12-3-2-6-20-12/h2-7H,8H2,1H3,(H,16,17). The van der Waals surface area contributed by atoms with Crippen molar-refractivity contribution in [3.05, 3.63) is 47.4 Å². The number of anilines is 1. The Morgan fingerprint density at radius 2 is 2.14 bits per heavy atom. The SMILES string of the molecule is COc1ccc(Cl)cc1NC(=O)COC(=O)c1ccco1. The Hall–Kier alpha value is -2.47. The summed E-state index contributed by atoms with van der Waals surface area (Å²) in [6.45, 7) is -0.449. The summed E-state index contributed by atoms with van der Waals surface area (Å²) in [5.74, 6) is -0.753. The predicted molar refractivity (Wildman–Crippen MR) is 75.6 cm³/mol. The van der Waals surface area contributed by atoms with E-state index in [0.29, 0.717) is 16.5 Å². The number of furan rings is 1. The monoisotopic (exact) mass is 309 g/mol. The third-order valence-corrected chi connectivity index (χ3v) is 2.73. The van der Waals surface area contributed by atoms with Gasteiger partial charge in [-0.2, -0.15) is 0 Å². The van der Waals surface area contributed by atoms with E-state index in [0.717, 1.165) is 0 Å². The molecule has 1 aromatic carbocycles. The van der Waals surface area contributed by atoms with Crippen LogP contribution in [0.25, 0.3) is 0 Å². The van der Waals surface area contributed by atoms with E-state index in [1.807, 2.05) is 0 Å². The van der Waals surface area contributed by atoms with Gasteiger partial charge in [0.25, 0.3) is 5.91 Å². The van der Waals surface area contributed by atoms with Crippen LogP contribution in [-0.4, -0.2) is 25.6 Å². The molecule has 2 aromatic rings. The van der Waals surface area contributed by atoms with Crippen LogP contribution in [0, 0.1) is 0 Å². The van der Waals surface area contributed by atoms with Crippen LogP contribution in [0.2, 0.25) is 5.02 Å². The number of nitrogens with one attached hydrogen (secondary N) is 1. The Kier molecular flexibility index (Phi) is 4.84. The second-order valence-corrected chi connectivity index (χ2v) is 4.38. The highest BCUT2D eigenvalue weighted by Crippen LogP contribution is 2.27. The lowest BCUT2D eigenvalue weighted by Crippen LogP contribution is -2.21. The van der Waals surface area contributed by atoms with Gasteiger partial charge in [0.1, 0.15) is 5.75 Å². The van der Waals surface area contributed by atoms with Crippen LogP contribution in [0.3, 0.4) is 0 Å². The molecule has 1 amide bonds. The first-order valence-electron chi connectivity index (χ1n) is 5.94. The first-order chi connectivity index (χ1) is 10.1. The molecule has 1 N–H and O–H groups in total. The molecule has 0 aliphatic heterocycles. The first kappa shape index (κ1) is 14.9. The summed E-state index contributed by atoms with van der Waals surface area (Å²) in [7, 11) is 1.47. The van der Waals surface area contributed by atoms with E-state index >= 15 is 0 Å². The van der Waals surface area contributed by atoms with Gasteiger partial charge in [0.05, 0.1) is 19.1 Å². The van der Waals surface area contributed by atoms with Gasteiger partial charge >= 0.3 is 5.97 Å². The zero-order valence-corrected chi connectivity index (χ0v) is 11.8. The Labute approximate surface area is 125 Å². The third-order valence-electron chi connectivity index (χ3n) is 2.49. The number of esters is 1. The molecule has 1 aromatic heterocycles. The number of ether oxygens (including phenoxy) is 2. The van der Waals surface area contributed by atoms with Crippen molar-refractivity contribution >= 4 is 29.2 Å². The number of rotatable bonds is 5. The Balaban J connectivity index is 1.93. The molecule has 0 aliphatic rings. The van der Waals surface area contributed by atoms with Gasteiger partial charge in [-0.15, -0.1) is 0 Å². The van der Waals surface area contributed by atoms with Crippen molar-refractivity contribution in [1.29, 1.82) is 0 Å². The molecule has 0 radical (unpaired) electrons. The second kappa shape index (κ2) is 6.81. The molecule has 0 bridgehead atoms. The summed E-state index contributed by atoms with van der Waals surface area (Å²) in [6, 6.07) is 7.78. The van der Waals surface area contributed by atoms with Gasteiger partial charge in [-0.25, -0.2) is 4.79 Å². The molecule has 0 fully saturated rings. The molecule has 0 aliphatic carbocycles. The van der Waals surface area contributed by atoms with E-state index in [1.54, 1.807) is 18.2 Å². The number of amides is 1. The van der Waals surface area contributed by atoms with E-state index in [4.69, 9.17) is 25.5 Å². The van der Waals surface area contributed by atoms with Crippen molar-refractivity contribution in [1.82, 2.24) is 0 Å². The van der Waals surface area contributed by atoms with Gasteiger partial charge in [0, 0.05) is 5.02 Å². The van der Waals surface area contributed by atoms with E-state index in [9.17, 15) is 9.59 Å². The first-order valence-corrected chi connectivity index (χ1v) is 6.32. The van der Waals surface area contributed by atoms with Crippen molar-refractivity contribution in [2.75, 3.05) is 19.0 Å². The number of carbonyl (C=O) groups excluding carboxylic acids is 2. The predicted octanol–water partition coefficient (Wildman–Crippen LogP) is 2.74. The van der Waals surface area contributed by atoms with E-state index in [2.05, 4.69) is 5.32 Å². The molecule has 0 saturated heterocycles. The van der Waals surface area contributed by atoms with Crippen LogP contribution in [0.4, 0.5) is 5.69 Å². The maximum absolute atomic E-state index is 11.7. The number of benzene rings is 1. The topological polar surface area (TPSA) is 77.8 Å². The summed E-state index contributed by atoms with van der Waals surface area (Å²) in [6.07, 6.45) is 1.34. The normalized spacial score (nSPS) is 10.0. The number of carbonyl (C=O) groups is 2. The minimum Gasteiger partial charge on any atom is -0.495 e. The largest absolute Gasteiger partial charge is 0.495 e. The van der Waals surface area contributed by atoms with Gasteiger partial charge in [-0.05, 0) is 30.3 Å². The van der Waals surface area contributed by atoms with Crippen molar-refractivity contribution in [2.45, 2.75) is 0 Å². The molecule has 7 heteroatoms. The fourth-order valence-electron chi connectivity index (χ4n) is 1.56. The maximum atomic E-state index is 11.7. The van der Waals surface area contributed by atoms with Crippen LogP contribution in [0.1, 0.15) is 10.6 Å². The van der Waals surface area contributed by atoms with Gasteiger partial charge in [-0.3, -0.25) is 4.79 Å². The molecule has 1 heterocycles. The molecule has 110 valence electrons. The van der Waals surface area contributed by atoms with Crippen LogP contribution < -0.4 is 10.1 Å². The average Bonchev–Trinajstić information content (AvgIpc) is 2.99. The highest BCUT2D eigenvalue weighted by atomic mass is 35.5. The van der Waals surface area contributed by atoms with Crippen molar-refractivity contribution in [3.8, 4) is 5.75 Å². The number of methoxy groups -OCH3 is 1. The lowest BCUT2D eigenvalue weighted by molar-refractivity contribution is -0.119. The smallest absolute Gasteiger partial charge is 0.374 e. The van der Waals surface area contributed by atoms with Crippen LogP contribution in [0.5, 0.6) is 5.75 Å². The Morgan fingerprint density at radius 3 is 2.81 bits per heavy atom. The summed E-state index contributed by atoms with van der Waals surface area (Å²) in [5.41, 5.74) is 0.393. The lowest BCUT2D eigenvalue weighted by atomic mass is 10.3. The fraction of sp³-hybridized carbons (Fsp3) is 0.143. The van der Waals surface area contributed by atoms with E-state index in [-0.39, 0.29) is 5.76 Å². The molecular weight excluding hydrogens is 298 g/mol. The molecule has 0 atom stereocenters. The molecule has 6 nitrogen and oxygen atoms in total. The molecular formula is C14H12ClNO5. The summed E-state index contributed by atoms with van der Waals surface area (Å²) >= 11 is 5.85. The van der Waals surface area contributed by atoms with Crippen LogP contribution in [0.15, 0.2) is 41.0 Å². The van der Waals surface area contributed by atoms with Crippen molar-refractivity contribution in [2.24, 2.45) is 0 Å². The number of hydrogen-bond acceptors (Lipinski definition) is 5. The van der Waals surface area contributed by atoms with E-state index < -0.39 is 18.5 Å². The van der Waals surface area contributed by atoms with Gasteiger partial charge in [0.2, 0.25) is 5.76 Å². The summed E-state index contributed by atoms with van der Waals surface area (Å²) in [4.78, 5) is 23.2. The molecule has 2 rings (SSSR count). The van der Waals surface area contributed by atoms with Crippen molar-refractivity contribution < 1.29 is 23.5 Å². The molecule has 21 heavy (non-hydrogen) atoms. The second-order valence-electron chi connectivity index (χ2n) is 3.95. The zero-order valence-electron chi connectivity index (χ0n) is 11.1. The highest BCUT2D eigenvalue weighted by Gasteiger charge is 2.14. The van der Waals surface area contributed by atoms with Gasteiger partial charge in [-0.1, -0.05) is 11.6 Å². The Morgan fingerprint density at radius 1 is 1.33 bits per heavy atom. The third kappa shape index (κ3) is 4.00. The fourth-order valence-corrected chi connectivity index (χ4v) is 1.73. The molecule has 0 unspecified atom stereocenters.